The number of nitro benzene ring substituents is 1. The van der Waals surface area contributed by atoms with E-state index in [-0.39, 0.29) is 17.5 Å². The second-order valence-electron chi connectivity index (χ2n) is 5.43. The smallest absolute Gasteiger partial charge is 0.413 e. The molecule has 0 spiro atoms. The third-order valence-electron chi connectivity index (χ3n) is 3.62. The van der Waals surface area contributed by atoms with Gasteiger partial charge in [0.15, 0.2) is 11.5 Å². The van der Waals surface area contributed by atoms with E-state index in [0.29, 0.717) is 17.0 Å². The van der Waals surface area contributed by atoms with Crippen LogP contribution in [0, 0.1) is 17.0 Å². The summed E-state index contributed by atoms with van der Waals surface area (Å²) in [6.45, 7) is 3.56. The summed E-state index contributed by atoms with van der Waals surface area (Å²) >= 11 is 0. The van der Waals surface area contributed by atoms with Gasteiger partial charge in [0.25, 0.3) is 5.69 Å². The molecular formula is C17H15N3O5. The molecule has 1 aromatic heterocycles. The van der Waals surface area contributed by atoms with Gasteiger partial charge >= 0.3 is 6.09 Å². The molecule has 1 unspecified atom stereocenters. The van der Waals surface area contributed by atoms with Crippen molar-refractivity contribution in [2.45, 2.75) is 19.9 Å². The molecule has 0 aliphatic heterocycles. The van der Waals surface area contributed by atoms with Crippen molar-refractivity contribution in [1.29, 1.82) is 0 Å². The highest BCUT2D eigenvalue weighted by Crippen LogP contribution is 2.24. The fourth-order valence-corrected chi connectivity index (χ4v) is 2.46. The number of nitrogens with zero attached hydrogens (tertiary/aromatic N) is 2. The molecule has 3 aromatic rings. The van der Waals surface area contributed by atoms with E-state index in [2.05, 4.69) is 10.3 Å². The van der Waals surface area contributed by atoms with E-state index in [1.165, 1.54) is 24.3 Å². The van der Waals surface area contributed by atoms with Gasteiger partial charge in [-0.1, -0.05) is 12.1 Å². The van der Waals surface area contributed by atoms with Crippen LogP contribution in [-0.4, -0.2) is 16.0 Å². The topological polar surface area (TPSA) is 108 Å². The number of fused-ring (bicyclic) bond motifs is 1. The molecule has 0 fully saturated rings. The number of oxazole rings is 1. The molecule has 0 aliphatic carbocycles. The van der Waals surface area contributed by atoms with E-state index >= 15 is 0 Å². The van der Waals surface area contributed by atoms with Crippen molar-refractivity contribution in [2.75, 3.05) is 0 Å². The lowest BCUT2D eigenvalue weighted by molar-refractivity contribution is -0.384. The number of ether oxygens (including phenoxy) is 1. The number of rotatable bonds is 4. The number of carbonyl (C=O) groups excluding carboxylic acids is 1. The second kappa shape index (κ2) is 6.60. The first kappa shape index (κ1) is 16.4. The Bertz CT molecular complexity index is 933. The van der Waals surface area contributed by atoms with Crippen LogP contribution >= 0.6 is 0 Å². The number of para-hydroxylation sites is 1. The number of non-ortho nitro benzene ring substituents is 1. The highest BCUT2D eigenvalue weighted by atomic mass is 16.6. The Morgan fingerprint density at radius 3 is 2.68 bits per heavy atom. The molecule has 0 radical (unpaired) electrons. The standard InChI is InChI=1S/C17H15N3O5/c1-10(14-4-3-5-15-16(14)19-11(2)24-15)18-17(21)25-13-8-6-12(7-9-13)20(22)23/h3-10H,1-2H3,(H,18,21). The molecule has 1 atom stereocenters. The largest absolute Gasteiger partial charge is 0.441 e. The fourth-order valence-electron chi connectivity index (χ4n) is 2.46. The van der Waals surface area contributed by atoms with Crippen LogP contribution in [0.4, 0.5) is 10.5 Å². The average Bonchev–Trinajstić information content (AvgIpc) is 2.95. The third-order valence-corrected chi connectivity index (χ3v) is 3.62. The summed E-state index contributed by atoms with van der Waals surface area (Å²) in [4.78, 5) is 26.5. The number of hydrogen-bond acceptors (Lipinski definition) is 6. The Morgan fingerprint density at radius 2 is 2.00 bits per heavy atom. The monoisotopic (exact) mass is 341 g/mol. The van der Waals surface area contributed by atoms with Gasteiger partial charge in [-0.3, -0.25) is 10.1 Å². The van der Waals surface area contributed by atoms with Crippen molar-refractivity contribution in [2.24, 2.45) is 0 Å². The van der Waals surface area contributed by atoms with E-state index in [4.69, 9.17) is 9.15 Å². The summed E-state index contributed by atoms with van der Waals surface area (Å²) < 4.78 is 10.6. The molecule has 0 saturated carbocycles. The molecule has 1 amide bonds. The molecule has 3 rings (SSSR count). The lowest BCUT2D eigenvalue weighted by atomic mass is 10.1. The SMILES string of the molecule is Cc1nc2c(C(C)NC(=O)Oc3ccc([N+](=O)[O-])cc3)cccc2o1. The minimum absolute atomic E-state index is 0.0748. The van der Waals surface area contributed by atoms with Crippen LogP contribution < -0.4 is 10.1 Å². The van der Waals surface area contributed by atoms with Crippen molar-refractivity contribution in [1.82, 2.24) is 10.3 Å². The number of nitrogens with one attached hydrogen (secondary N) is 1. The maximum Gasteiger partial charge on any atom is 0.413 e. The molecule has 128 valence electrons. The number of aryl methyl sites for hydroxylation is 1. The molecule has 0 saturated heterocycles. The average molecular weight is 341 g/mol. The molecule has 2 aromatic carbocycles. The first-order valence-corrected chi connectivity index (χ1v) is 7.53. The van der Waals surface area contributed by atoms with Crippen LogP contribution in [0.3, 0.4) is 0 Å². The Labute approximate surface area is 142 Å². The predicted octanol–water partition coefficient (Wildman–Crippen LogP) is 3.89. The van der Waals surface area contributed by atoms with Crippen molar-refractivity contribution < 1.29 is 18.9 Å². The number of nitro groups is 1. The molecule has 0 aliphatic rings. The number of hydrogen-bond donors (Lipinski definition) is 1. The van der Waals surface area contributed by atoms with Gasteiger partial charge in [0.1, 0.15) is 11.3 Å². The molecule has 0 bridgehead atoms. The van der Waals surface area contributed by atoms with Gasteiger partial charge in [-0.15, -0.1) is 0 Å². The van der Waals surface area contributed by atoms with Crippen LogP contribution in [0.5, 0.6) is 5.75 Å². The summed E-state index contributed by atoms with van der Waals surface area (Å²) in [6, 6.07) is 10.4. The van der Waals surface area contributed by atoms with Crippen LogP contribution in [0.1, 0.15) is 24.4 Å². The zero-order chi connectivity index (χ0) is 18.0. The van der Waals surface area contributed by atoms with Gasteiger partial charge < -0.3 is 14.5 Å². The van der Waals surface area contributed by atoms with E-state index in [9.17, 15) is 14.9 Å². The zero-order valence-electron chi connectivity index (χ0n) is 13.6. The number of amides is 1. The first-order chi connectivity index (χ1) is 11.9. The summed E-state index contributed by atoms with van der Waals surface area (Å²) in [5.41, 5.74) is 2.06. The van der Waals surface area contributed by atoms with Gasteiger partial charge in [0.2, 0.25) is 0 Å². The van der Waals surface area contributed by atoms with E-state index in [1.807, 2.05) is 12.1 Å². The van der Waals surface area contributed by atoms with Crippen molar-refractivity contribution in [3.8, 4) is 5.75 Å². The number of aromatic nitrogens is 1. The van der Waals surface area contributed by atoms with Crippen molar-refractivity contribution in [3.05, 3.63) is 64.0 Å². The Balaban J connectivity index is 1.70. The van der Waals surface area contributed by atoms with Gasteiger partial charge in [-0.05, 0) is 25.1 Å². The van der Waals surface area contributed by atoms with E-state index in [0.717, 1.165) is 5.56 Å². The Morgan fingerprint density at radius 1 is 1.28 bits per heavy atom. The molecule has 8 nitrogen and oxygen atoms in total. The Hall–Kier alpha value is -3.42. The van der Waals surface area contributed by atoms with E-state index in [1.54, 1.807) is 19.9 Å². The highest BCUT2D eigenvalue weighted by Gasteiger charge is 2.16. The van der Waals surface area contributed by atoms with Crippen LogP contribution in [-0.2, 0) is 0 Å². The summed E-state index contributed by atoms with van der Waals surface area (Å²) in [5, 5.41) is 13.3. The second-order valence-corrected chi connectivity index (χ2v) is 5.43. The minimum atomic E-state index is -0.668. The van der Waals surface area contributed by atoms with Gasteiger partial charge in [-0.25, -0.2) is 9.78 Å². The van der Waals surface area contributed by atoms with E-state index < -0.39 is 11.0 Å². The van der Waals surface area contributed by atoms with Crippen LogP contribution in [0.25, 0.3) is 11.1 Å². The van der Waals surface area contributed by atoms with Crippen LogP contribution in [0.2, 0.25) is 0 Å². The first-order valence-electron chi connectivity index (χ1n) is 7.53. The van der Waals surface area contributed by atoms with Crippen LogP contribution in [0.15, 0.2) is 46.9 Å². The maximum absolute atomic E-state index is 12.0. The molecular weight excluding hydrogens is 326 g/mol. The van der Waals surface area contributed by atoms with Crippen molar-refractivity contribution in [3.63, 3.8) is 0 Å². The highest BCUT2D eigenvalue weighted by molar-refractivity contribution is 5.78. The molecule has 1 heterocycles. The summed E-state index contributed by atoms with van der Waals surface area (Å²) in [6.07, 6.45) is -0.668. The van der Waals surface area contributed by atoms with Gasteiger partial charge in [-0.2, -0.15) is 0 Å². The quantitative estimate of drug-likeness (QED) is 0.569. The number of benzene rings is 2. The lowest BCUT2D eigenvalue weighted by Crippen LogP contribution is -2.29. The maximum atomic E-state index is 12.0. The van der Waals surface area contributed by atoms with Crippen molar-refractivity contribution >= 4 is 22.9 Å². The zero-order valence-corrected chi connectivity index (χ0v) is 13.6. The third kappa shape index (κ3) is 3.57. The predicted molar refractivity (Wildman–Crippen MR) is 89.4 cm³/mol. The lowest BCUT2D eigenvalue weighted by Gasteiger charge is -2.14. The molecule has 25 heavy (non-hydrogen) atoms. The summed E-state index contributed by atoms with van der Waals surface area (Å²) in [5.74, 6) is 0.758. The summed E-state index contributed by atoms with van der Waals surface area (Å²) in [7, 11) is 0. The fraction of sp³-hybridized carbons (Fsp3) is 0.176. The van der Waals surface area contributed by atoms with Gasteiger partial charge in [0.05, 0.1) is 11.0 Å². The minimum Gasteiger partial charge on any atom is -0.441 e. The molecule has 8 heteroatoms. The molecule has 1 N–H and O–H groups in total. The normalized spacial score (nSPS) is 11.9. The number of carbonyl (C=O) groups is 1. The van der Waals surface area contributed by atoms with Gasteiger partial charge in [0, 0.05) is 24.6 Å². The Kier molecular flexibility index (Phi) is 4.34.